The van der Waals surface area contributed by atoms with Crippen molar-refractivity contribution in [3.8, 4) is 17.1 Å². The van der Waals surface area contributed by atoms with Gasteiger partial charge in [-0.1, -0.05) is 17.3 Å². The molecule has 0 saturated carbocycles. The number of fused-ring (bicyclic) bond motifs is 1. The highest BCUT2D eigenvalue weighted by atomic mass is 16.5. The third-order valence-electron chi connectivity index (χ3n) is 5.05. The maximum Gasteiger partial charge on any atom is 0.259 e. The number of carbonyl (C=O) groups excluding carboxylic acids is 1. The van der Waals surface area contributed by atoms with Crippen molar-refractivity contribution >= 4 is 17.0 Å². The van der Waals surface area contributed by atoms with Gasteiger partial charge in [-0.3, -0.25) is 9.48 Å². The highest BCUT2D eigenvalue weighted by Gasteiger charge is 2.21. The smallest absolute Gasteiger partial charge is 0.259 e. The van der Waals surface area contributed by atoms with E-state index in [1.807, 2.05) is 50.4 Å². The first-order valence-corrected chi connectivity index (χ1v) is 9.75. The maximum atomic E-state index is 13.2. The van der Waals surface area contributed by atoms with E-state index in [1.54, 1.807) is 24.8 Å². The molecule has 0 spiro atoms. The number of amides is 1. The molecule has 0 unspecified atom stereocenters. The van der Waals surface area contributed by atoms with Gasteiger partial charge in [-0.05, 0) is 50.6 Å². The molecule has 1 atom stereocenters. The van der Waals surface area contributed by atoms with Gasteiger partial charge in [0.15, 0.2) is 0 Å². The lowest BCUT2D eigenvalue weighted by Crippen LogP contribution is -2.27. The third-order valence-corrected chi connectivity index (χ3v) is 5.05. The quantitative estimate of drug-likeness (QED) is 0.522. The molecule has 4 rings (SSSR count). The van der Waals surface area contributed by atoms with E-state index in [0.717, 1.165) is 17.9 Å². The standard InChI is InChI=1S/C22H23N5O3/c1-5-27-11-10-18(25-27)19-12-17(20-14(3)26-30-22(20)24-19)21(28)23-13(2)15-6-8-16(29-4)9-7-15/h6-13H,5H2,1-4H3,(H,23,28)/t13-/m1/s1. The average molecular weight is 405 g/mol. The summed E-state index contributed by atoms with van der Waals surface area (Å²) in [6, 6.07) is 11.0. The Kier molecular flexibility index (Phi) is 5.22. The van der Waals surface area contributed by atoms with E-state index in [2.05, 4.69) is 20.6 Å². The minimum atomic E-state index is -0.229. The monoisotopic (exact) mass is 405 g/mol. The summed E-state index contributed by atoms with van der Waals surface area (Å²) in [7, 11) is 1.62. The molecule has 0 radical (unpaired) electrons. The molecule has 154 valence electrons. The Morgan fingerprint density at radius 2 is 2.00 bits per heavy atom. The van der Waals surface area contributed by atoms with Gasteiger partial charge in [0, 0.05) is 12.7 Å². The van der Waals surface area contributed by atoms with Gasteiger partial charge in [-0.25, -0.2) is 4.98 Å². The second-order valence-corrected chi connectivity index (χ2v) is 7.03. The summed E-state index contributed by atoms with van der Waals surface area (Å²) in [4.78, 5) is 17.7. The van der Waals surface area contributed by atoms with Gasteiger partial charge in [0.05, 0.1) is 35.5 Å². The van der Waals surface area contributed by atoms with Gasteiger partial charge >= 0.3 is 0 Å². The minimum Gasteiger partial charge on any atom is -0.497 e. The second-order valence-electron chi connectivity index (χ2n) is 7.03. The van der Waals surface area contributed by atoms with Crippen LogP contribution in [-0.4, -0.2) is 32.9 Å². The Morgan fingerprint density at radius 3 is 2.67 bits per heavy atom. The summed E-state index contributed by atoms with van der Waals surface area (Å²) < 4.78 is 12.4. The number of pyridine rings is 1. The molecule has 3 heterocycles. The van der Waals surface area contributed by atoms with Crippen LogP contribution in [-0.2, 0) is 6.54 Å². The van der Waals surface area contributed by atoms with E-state index in [-0.39, 0.29) is 11.9 Å². The van der Waals surface area contributed by atoms with Crippen LogP contribution in [0.2, 0.25) is 0 Å². The first-order chi connectivity index (χ1) is 14.5. The molecule has 1 N–H and O–H groups in total. The van der Waals surface area contributed by atoms with Crippen LogP contribution in [0.3, 0.4) is 0 Å². The van der Waals surface area contributed by atoms with Crippen LogP contribution in [0.15, 0.2) is 47.1 Å². The summed E-state index contributed by atoms with van der Waals surface area (Å²) in [6.07, 6.45) is 1.87. The number of methoxy groups -OCH3 is 1. The van der Waals surface area contributed by atoms with Gasteiger partial charge in [-0.15, -0.1) is 0 Å². The Bertz CT molecular complexity index is 1190. The number of ether oxygens (including phenoxy) is 1. The Labute approximate surface area is 173 Å². The Balaban J connectivity index is 1.69. The Morgan fingerprint density at radius 1 is 1.23 bits per heavy atom. The van der Waals surface area contributed by atoms with E-state index >= 15 is 0 Å². The number of aryl methyl sites for hydroxylation is 2. The van der Waals surface area contributed by atoms with E-state index in [1.165, 1.54) is 0 Å². The number of benzene rings is 1. The van der Waals surface area contributed by atoms with Crippen molar-refractivity contribution in [3.05, 3.63) is 59.4 Å². The average Bonchev–Trinajstić information content (AvgIpc) is 3.40. The van der Waals surface area contributed by atoms with Gasteiger partial charge in [0.25, 0.3) is 11.6 Å². The van der Waals surface area contributed by atoms with Gasteiger partial charge in [0.2, 0.25) is 0 Å². The highest BCUT2D eigenvalue weighted by molar-refractivity contribution is 6.07. The third kappa shape index (κ3) is 3.63. The molecule has 8 nitrogen and oxygen atoms in total. The van der Waals surface area contributed by atoms with E-state index < -0.39 is 0 Å². The molecule has 1 amide bonds. The van der Waals surface area contributed by atoms with Crippen LogP contribution in [0, 0.1) is 6.92 Å². The molecule has 1 aromatic carbocycles. The van der Waals surface area contributed by atoms with Crippen molar-refractivity contribution in [3.63, 3.8) is 0 Å². The maximum absolute atomic E-state index is 13.2. The molecule has 0 fully saturated rings. The van der Waals surface area contributed by atoms with Crippen molar-refractivity contribution in [1.82, 2.24) is 25.2 Å². The SMILES string of the molecule is CCn1ccc(-c2cc(C(=O)N[C@H](C)c3ccc(OC)cc3)c3c(C)noc3n2)n1. The summed E-state index contributed by atoms with van der Waals surface area (Å²) in [5.41, 5.74) is 3.60. The minimum absolute atomic E-state index is 0.200. The first-order valence-electron chi connectivity index (χ1n) is 9.75. The number of nitrogens with zero attached hydrogens (tertiary/aromatic N) is 4. The van der Waals surface area contributed by atoms with Crippen molar-refractivity contribution in [2.24, 2.45) is 0 Å². The number of rotatable bonds is 6. The zero-order valence-electron chi connectivity index (χ0n) is 17.3. The van der Waals surface area contributed by atoms with Gasteiger partial charge < -0.3 is 14.6 Å². The van der Waals surface area contributed by atoms with Crippen LogP contribution >= 0.6 is 0 Å². The molecule has 30 heavy (non-hydrogen) atoms. The lowest BCUT2D eigenvalue weighted by Gasteiger charge is -2.15. The van der Waals surface area contributed by atoms with Crippen molar-refractivity contribution < 1.29 is 14.1 Å². The summed E-state index contributed by atoms with van der Waals surface area (Å²) in [5, 5.41) is 12.1. The summed E-state index contributed by atoms with van der Waals surface area (Å²) in [6.45, 7) is 6.48. The number of hydrogen-bond acceptors (Lipinski definition) is 6. The van der Waals surface area contributed by atoms with E-state index in [0.29, 0.717) is 33.7 Å². The molecular weight excluding hydrogens is 382 g/mol. The topological polar surface area (TPSA) is 95.1 Å². The zero-order valence-corrected chi connectivity index (χ0v) is 17.3. The van der Waals surface area contributed by atoms with Gasteiger partial charge in [-0.2, -0.15) is 5.10 Å². The summed E-state index contributed by atoms with van der Waals surface area (Å²) in [5.74, 6) is 0.539. The molecule has 0 aliphatic heterocycles. The number of carbonyl (C=O) groups is 1. The van der Waals surface area contributed by atoms with E-state index in [4.69, 9.17) is 9.26 Å². The molecule has 3 aromatic heterocycles. The lowest BCUT2D eigenvalue weighted by atomic mass is 10.1. The van der Waals surface area contributed by atoms with Crippen molar-refractivity contribution in [2.45, 2.75) is 33.4 Å². The molecule has 4 aromatic rings. The molecule has 0 aliphatic carbocycles. The highest BCUT2D eigenvalue weighted by Crippen LogP contribution is 2.27. The first kappa shape index (κ1) is 19.6. The Hall–Kier alpha value is -3.68. The van der Waals surface area contributed by atoms with Crippen molar-refractivity contribution in [1.29, 1.82) is 0 Å². The fraction of sp³-hybridized carbons (Fsp3) is 0.273. The van der Waals surface area contributed by atoms with Crippen LogP contribution in [0.5, 0.6) is 5.75 Å². The fourth-order valence-corrected chi connectivity index (χ4v) is 3.33. The normalized spacial score (nSPS) is 12.1. The molecule has 0 aliphatic rings. The molecule has 8 heteroatoms. The molecular formula is C22H23N5O3. The molecule has 0 saturated heterocycles. The van der Waals surface area contributed by atoms with Crippen LogP contribution < -0.4 is 10.1 Å². The number of hydrogen-bond donors (Lipinski definition) is 1. The fourth-order valence-electron chi connectivity index (χ4n) is 3.33. The molecule has 0 bridgehead atoms. The summed E-state index contributed by atoms with van der Waals surface area (Å²) >= 11 is 0. The largest absolute Gasteiger partial charge is 0.497 e. The predicted octanol–water partition coefficient (Wildman–Crippen LogP) is 3.91. The lowest BCUT2D eigenvalue weighted by molar-refractivity contribution is 0.0941. The van der Waals surface area contributed by atoms with Gasteiger partial charge in [0.1, 0.15) is 11.4 Å². The zero-order chi connectivity index (χ0) is 21.3. The van der Waals surface area contributed by atoms with Crippen molar-refractivity contribution in [2.75, 3.05) is 7.11 Å². The number of aromatic nitrogens is 4. The number of nitrogens with one attached hydrogen (secondary N) is 1. The van der Waals surface area contributed by atoms with E-state index in [9.17, 15) is 4.79 Å². The van der Waals surface area contributed by atoms with Crippen LogP contribution in [0.25, 0.3) is 22.5 Å². The second kappa shape index (κ2) is 7.98. The van der Waals surface area contributed by atoms with Crippen LogP contribution in [0.4, 0.5) is 0 Å². The predicted molar refractivity (Wildman–Crippen MR) is 112 cm³/mol. The van der Waals surface area contributed by atoms with Crippen LogP contribution in [0.1, 0.15) is 41.5 Å².